The van der Waals surface area contributed by atoms with Gasteiger partial charge in [0.25, 0.3) is 5.91 Å². The number of aromatic carboxylic acids is 1. The van der Waals surface area contributed by atoms with Crippen molar-refractivity contribution in [2.45, 2.75) is 26.8 Å². The van der Waals surface area contributed by atoms with Crippen LogP contribution in [0.25, 0.3) is 0 Å². The molecule has 2 rings (SSSR count). The van der Waals surface area contributed by atoms with Gasteiger partial charge in [0.1, 0.15) is 0 Å². The molecular formula is C13H15N3O3S. The molecule has 0 saturated carbocycles. The first-order valence-electron chi connectivity index (χ1n) is 6.07. The molecule has 0 unspecified atom stereocenters. The predicted molar refractivity (Wildman–Crippen MR) is 76.6 cm³/mol. The number of aromatic nitrogens is 2. The fraction of sp³-hybridized carbons (Fsp3) is 0.308. The number of amides is 1. The number of nitrogens with one attached hydrogen (secondary N) is 1. The Bertz CT molecular complexity index is 658. The van der Waals surface area contributed by atoms with Crippen LogP contribution in [0.3, 0.4) is 0 Å². The molecule has 0 spiro atoms. The molecule has 20 heavy (non-hydrogen) atoms. The molecule has 2 aromatic rings. The summed E-state index contributed by atoms with van der Waals surface area (Å²) in [4.78, 5) is 22.9. The molecule has 7 heteroatoms. The summed E-state index contributed by atoms with van der Waals surface area (Å²) in [6.45, 7) is 5.73. The van der Waals surface area contributed by atoms with E-state index in [1.165, 1.54) is 22.8 Å². The molecule has 0 saturated heterocycles. The van der Waals surface area contributed by atoms with Crippen LogP contribution in [0.1, 0.15) is 46.3 Å². The normalized spacial score (nSPS) is 10.8. The van der Waals surface area contributed by atoms with Gasteiger partial charge in [-0.05, 0) is 26.8 Å². The average molecular weight is 293 g/mol. The Morgan fingerprint density at radius 2 is 2.15 bits per heavy atom. The maximum absolute atomic E-state index is 12.1. The van der Waals surface area contributed by atoms with Crippen molar-refractivity contribution >= 4 is 28.2 Å². The summed E-state index contributed by atoms with van der Waals surface area (Å²) in [5.74, 6) is -1.29. The van der Waals surface area contributed by atoms with Crippen molar-refractivity contribution in [3.05, 3.63) is 34.5 Å². The molecule has 2 aromatic heterocycles. The highest BCUT2D eigenvalue weighted by Crippen LogP contribution is 2.22. The van der Waals surface area contributed by atoms with Crippen LogP contribution in [-0.4, -0.2) is 26.8 Å². The molecule has 2 N–H and O–H groups in total. The second kappa shape index (κ2) is 5.46. The van der Waals surface area contributed by atoms with Gasteiger partial charge in [0.15, 0.2) is 0 Å². The first kappa shape index (κ1) is 14.3. The molecule has 6 nitrogen and oxygen atoms in total. The van der Waals surface area contributed by atoms with Crippen LogP contribution in [0.5, 0.6) is 0 Å². The second-order valence-electron chi connectivity index (χ2n) is 4.66. The van der Waals surface area contributed by atoms with Crippen molar-refractivity contribution in [2.75, 3.05) is 5.32 Å². The Labute approximate surface area is 120 Å². The van der Waals surface area contributed by atoms with E-state index in [9.17, 15) is 9.59 Å². The van der Waals surface area contributed by atoms with E-state index in [2.05, 4.69) is 10.4 Å². The third kappa shape index (κ3) is 2.88. The third-order valence-electron chi connectivity index (χ3n) is 2.77. The van der Waals surface area contributed by atoms with E-state index in [0.29, 0.717) is 16.3 Å². The lowest BCUT2D eigenvalue weighted by molar-refractivity contribution is 0.0697. The van der Waals surface area contributed by atoms with Gasteiger partial charge < -0.3 is 10.4 Å². The molecule has 0 aromatic carbocycles. The minimum Gasteiger partial charge on any atom is -0.478 e. The maximum atomic E-state index is 12.1. The topological polar surface area (TPSA) is 84.2 Å². The first-order chi connectivity index (χ1) is 9.38. The van der Waals surface area contributed by atoms with E-state index in [0.717, 1.165) is 0 Å². The smallest absolute Gasteiger partial charge is 0.336 e. The molecule has 1 amide bonds. The Kier molecular flexibility index (Phi) is 3.89. The number of anilines is 1. The van der Waals surface area contributed by atoms with Crippen LogP contribution in [0.2, 0.25) is 0 Å². The van der Waals surface area contributed by atoms with E-state index < -0.39 is 5.97 Å². The molecule has 0 atom stereocenters. The largest absolute Gasteiger partial charge is 0.478 e. The van der Waals surface area contributed by atoms with Crippen molar-refractivity contribution in [2.24, 2.45) is 0 Å². The van der Waals surface area contributed by atoms with Gasteiger partial charge in [-0.3, -0.25) is 9.48 Å². The van der Waals surface area contributed by atoms with Gasteiger partial charge in [0.2, 0.25) is 0 Å². The highest BCUT2D eigenvalue weighted by molar-refractivity contribution is 7.14. The van der Waals surface area contributed by atoms with Gasteiger partial charge in [-0.25, -0.2) is 4.79 Å². The number of hydrogen-bond acceptors (Lipinski definition) is 4. The van der Waals surface area contributed by atoms with Crippen LogP contribution >= 0.6 is 11.3 Å². The van der Waals surface area contributed by atoms with Crippen LogP contribution < -0.4 is 5.32 Å². The Morgan fingerprint density at radius 3 is 2.65 bits per heavy atom. The van der Waals surface area contributed by atoms with E-state index in [-0.39, 0.29) is 17.5 Å². The van der Waals surface area contributed by atoms with Crippen LogP contribution in [-0.2, 0) is 0 Å². The molecule has 0 aliphatic heterocycles. The molecule has 0 fully saturated rings. The number of thiophene rings is 1. The zero-order valence-electron chi connectivity index (χ0n) is 11.4. The Hall–Kier alpha value is -2.15. The second-order valence-corrected chi connectivity index (χ2v) is 5.57. The summed E-state index contributed by atoms with van der Waals surface area (Å²) in [5, 5.41) is 17.8. The van der Waals surface area contributed by atoms with Crippen molar-refractivity contribution in [3.63, 3.8) is 0 Å². The van der Waals surface area contributed by atoms with Crippen LogP contribution in [0, 0.1) is 6.92 Å². The first-order valence-corrected chi connectivity index (χ1v) is 6.95. The van der Waals surface area contributed by atoms with Crippen molar-refractivity contribution in [1.82, 2.24) is 9.78 Å². The van der Waals surface area contributed by atoms with E-state index in [1.54, 1.807) is 17.8 Å². The van der Waals surface area contributed by atoms with Crippen molar-refractivity contribution in [1.29, 1.82) is 0 Å². The zero-order chi connectivity index (χ0) is 14.9. The molecule has 0 aliphatic rings. The summed E-state index contributed by atoms with van der Waals surface area (Å²) in [6.07, 6.45) is 1.70. The number of carboxylic acids is 1. The molecule has 0 aliphatic carbocycles. The molecule has 2 heterocycles. The van der Waals surface area contributed by atoms with Gasteiger partial charge in [-0.1, -0.05) is 0 Å². The van der Waals surface area contributed by atoms with Crippen LogP contribution in [0.4, 0.5) is 5.00 Å². The minimum atomic E-state index is -1.01. The number of nitrogens with zero attached hydrogens (tertiary/aromatic N) is 2. The Balaban J connectivity index is 2.17. The zero-order valence-corrected chi connectivity index (χ0v) is 12.2. The van der Waals surface area contributed by atoms with Crippen molar-refractivity contribution < 1.29 is 14.7 Å². The SMILES string of the molecule is Cc1nn(C(C)C)cc1C(=O)Nc1cc(C(=O)O)cs1. The number of rotatable bonds is 4. The third-order valence-corrected chi connectivity index (χ3v) is 3.62. The van der Waals surface area contributed by atoms with E-state index >= 15 is 0 Å². The summed E-state index contributed by atoms with van der Waals surface area (Å²) >= 11 is 1.18. The van der Waals surface area contributed by atoms with Crippen LogP contribution in [0.15, 0.2) is 17.6 Å². The summed E-state index contributed by atoms with van der Waals surface area (Å²) in [6, 6.07) is 1.61. The van der Waals surface area contributed by atoms with Gasteiger partial charge in [-0.2, -0.15) is 5.10 Å². The Morgan fingerprint density at radius 1 is 1.45 bits per heavy atom. The van der Waals surface area contributed by atoms with Gasteiger partial charge in [0.05, 0.1) is 21.8 Å². The van der Waals surface area contributed by atoms with Gasteiger partial charge in [-0.15, -0.1) is 11.3 Å². The quantitative estimate of drug-likeness (QED) is 0.907. The fourth-order valence-electron chi connectivity index (χ4n) is 1.66. The predicted octanol–water partition coefficient (Wildman–Crippen LogP) is 2.78. The minimum absolute atomic E-state index is 0.167. The number of aryl methyl sites for hydroxylation is 1. The average Bonchev–Trinajstić information content (AvgIpc) is 2.95. The standard InChI is InChI=1S/C13H15N3O3S/c1-7(2)16-5-10(8(3)15-16)12(17)14-11-4-9(6-20-11)13(18)19/h4-7H,1-3H3,(H,14,17)(H,18,19). The lowest BCUT2D eigenvalue weighted by Gasteiger charge is -2.03. The monoisotopic (exact) mass is 293 g/mol. The van der Waals surface area contributed by atoms with E-state index in [1.807, 2.05) is 13.8 Å². The molecular weight excluding hydrogens is 278 g/mol. The number of carbonyl (C=O) groups is 2. The number of carbonyl (C=O) groups excluding carboxylic acids is 1. The molecule has 0 radical (unpaired) electrons. The van der Waals surface area contributed by atoms with Gasteiger partial charge in [0, 0.05) is 17.6 Å². The van der Waals surface area contributed by atoms with E-state index in [4.69, 9.17) is 5.11 Å². The number of carboxylic acid groups (broad SMARTS) is 1. The highest BCUT2D eigenvalue weighted by Gasteiger charge is 2.16. The summed E-state index contributed by atoms with van der Waals surface area (Å²) < 4.78 is 1.72. The number of hydrogen-bond donors (Lipinski definition) is 2. The molecule has 106 valence electrons. The molecule has 0 bridgehead atoms. The van der Waals surface area contributed by atoms with Gasteiger partial charge >= 0.3 is 5.97 Å². The summed E-state index contributed by atoms with van der Waals surface area (Å²) in [7, 11) is 0. The summed E-state index contributed by atoms with van der Waals surface area (Å²) in [5.41, 5.74) is 1.30. The lowest BCUT2D eigenvalue weighted by atomic mass is 10.2. The lowest BCUT2D eigenvalue weighted by Crippen LogP contribution is -2.11. The highest BCUT2D eigenvalue weighted by atomic mass is 32.1. The maximum Gasteiger partial charge on any atom is 0.336 e. The van der Waals surface area contributed by atoms with Crippen molar-refractivity contribution in [3.8, 4) is 0 Å². The fourth-order valence-corrected chi connectivity index (χ4v) is 2.43.